The Labute approximate surface area is 129 Å². The molecule has 21 heavy (non-hydrogen) atoms. The molecule has 2 atom stereocenters. The molecule has 1 spiro atoms. The Morgan fingerprint density at radius 2 is 2.05 bits per heavy atom. The van der Waals surface area contributed by atoms with Gasteiger partial charge in [-0.25, -0.2) is 0 Å². The second kappa shape index (κ2) is 6.15. The first-order chi connectivity index (χ1) is 9.98. The fourth-order valence-corrected chi connectivity index (χ4v) is 4.44. The van der Waals surface area contributed by atoms with E-state index >= 15 is 0 Å². The first-order valence-corrected chi connectivity index (χ1v) is 8.69. The van der Waals surface area contributed by atoms with Crippen LogP contribution >= 0.6 is 0 Å². The van der Waals surface area contributed by atoms with Crippen LogP contribution in [0.15, 0.2) is 0 Å². The number of likely N-dealkylation sites (tertiary alicyclic amines) is 1. The van der Waals surface area contributed by atoms with Gasteiger partial charge in [-0.2, -0.15) is 0 Å². The summed E-state index contributed by atoms with van der Waals surface area (Å²) in [5.74, 6) is 0. The van der Waals surface area contributed by atoms with Gasteiger partial charge in [-0.1, -0.05) is 6.42 Å². The lowest BCUT2D eigenvalue weighted by atomic mass is 9.94. The largest absolute Gasteiger partial charge is 0.378 e. The smallest absolute Gasteiger partial charge is 0.107 e. The monoisotopic (exact) mass is 296 g/mol. The van der Waals surface area contributed by atoms with Gasteiger partial charge in [0.05, 0.1) is 12.2 Å². The molecular formula is C17H32N2O2. The summed E-state index contributed by atoms with van der Waals surface area (Å²) < 4.78 is 12.0. The fourth-order valence-electron chi connectivity index (χ4n) is 4.44. The molecule has 0 aromatic heterocycles. The fraction of sp³-hybridized carbons (Fsp3) is 1.00. The third-order valence-electron chi connectivity index (χ3n) is 5.38. The molecular weight excluding hydrogens is 264 g/mol. The van der Waals surface area contributed by atoms with Gasteiger partial charge in [0.25, 0.3) is 0 Å². The zero-order valence-electron chi connectivity index (χ0n) is 14.1. The third kappa shape index (κ3) is 3.79. The second-order valence-electron chi connectivity index (χ2n) is 7.98. The molecule has 3 aliphatic rings. The van der Waals surface area contributed by atoms with Crippen LogP contribution < -0.4 is 0 Å². The average molecular weight is 296 g/mol. The van der Waals surface area contributed by atoms with Gasteiger partial charge in [-0.05, 0) is 53.2 Å². The lowest BCUT2D eigenvalue weighted by Gasteiger charge is -2.48. The zero-order valence-corrected chi connectivity index (χ0v) is 14.1. The van der Waals surface area contributed by atoms with Crippen LogP contribution in [0.3, 0.4) is 0 Å². The summed E-state index contributed by atoms with van der Waals surface area (Å²) in [6.45, 7) is 10.7. The number of hydrogen-bond donors (Lipinski definition) is 0. The lowest BCUT2D eigenvalue weighted by Crippen LogP contribution is -2.60. The van der Waals surface area contributed by atoms with E-state index in [2.05, 4.69) is 30.7 Å². The Balaban J connectivity index is 1.56. The zero-order chi connectivity index (χ0) is 14.9. The molecule has 0 aromatic rings. The number of ether oxygens (including phenoxy) is 2. The molecule has 4 nitrogen and oxygen atoms in total. The normalized spacial score (nSPS) is 38.1. The van der Waals surface area contributed by atoms with Crippen molar-refractivity contribution in [2.45, 2.75) is 63.2 Å². The Kier molecular flexibility index (Phi) is 4.60. The maximum atomic E-state index is 6.39. The van der Waals surface area contributed by atoms with E-state index in [9.17, 15) is 0 Å². The van der Waals surface area contributed by atoms with Crippen LogP contribution in [0, 0.1) is 0 Å². The predicted octanol–water partition coefficient (Wildman–Crippen LogP) is 2.13. The van der Waals surface area contributed by atoms with E-state index in [0.717, 1.165) is 38.8 Å². The Bertz CT molecular complexity index is 353. The van der Waals surface area contributed by atoms with Gasteiger partial charge in [0.1, 0.15) is 5.60 Å². The van der Waals surface area contributed by atoms with E-state index in [1.165, 1.54) is 38.8 Å². The van der Waals surface area contributed by atoms with Crippen molar-refractivity contribution in [2.75, 3.05) is 46.4 Å². The second-order valence-corrected chi connectivity index (χ2v) is 7.98. The standard InChI is InChI=1S/C17H32N2O2/c1-16(2)12-19(13-17(21-16)8-11-20-14-17)10-7-15-6-4-5-9-18(15)3/h15H,4-14H2,1-3H3/t15-,17+/m1/s1. The van der Waals surface area contributed by atoms with Gasteiger partial charge in [-0.15, -0.1) is 0 Å². The highest BCUT2D eigenvalue weighted by atomic mass is 16.6. The van der Waals surface area contributed by atoms with E-state index in [4.69, 9.17) is 9.47 Å². The van der Waals surface area contributed by atoms with Crippen molar-refractivity contribution >= 4 is 0 Å². The molecule has 3 aliphatic heterocycles. The maximum absolute atomic E-state index is 6.39. The summed E-state index contributed by atoms with van der Waals surface area (Å²) in [4.78, 5) is 5.18. The van der Waals surface area contributed by atoms with Crippen molar-refractivity contribution in [3.8, 4) is 0 Å². The molecule has 0 amide bonds. The van der Waals surface area contributed by atoms with E-state index in [0.29, 0.717) is 0 Å². The van der Waals surface area contributed by atoms with Gasteiger partial charge in [0.15, 0.2) is 0 Å². The molecule has 0 N–H and O–H groups in total. The van der Waals surface area contributed by atoms with Crippen LogP contribution in [0.5, 0.6) is 0 Å². The van der Waals surface area contributed by atoms with Gasteiger partial charge in [0, 0.05) is 32.2 Å². The molecule has 0 aromatic carbocycles. The maximum Gasteiger partial charge on any atom is 0.107 e. The summed E-state index contributed by atoms with van der Waals surface area (Å²) in [6, 6.07) is 0.778. The Hall–Kier alpha value is -0.160. The van der Waals surface area contributed by atoms with Crippen molar-refractivity contribution < 1.29 is 9.47 Å². The summed E-state index contributed by atoms with van der Waals surface area (Å²) in [5, 5.41) is 0. The molecule has 0 bridgehead atoms. The van der Waals surface area contributed by atoms with Crippen LogP contribution in [-0.4, -0.2) is 73.5 Å². The molecule has 122 valence electrons. The van der Waals surface area contributed by atoms with Crippen molar-refractivity contribution in [2.24, 2.45) is 0 Å². The van der Waals surface area contributed by atoms with Crippen LogP contribution in [0.25, 0.3) is 0 Å². The van der Waals surface area contributed by atoms with Gasteiger partial charge >= 0.3 is 0 Å². The molecule has 3 saturated heterocycles. The van der Waals surface area contributed by atoms with Crippen LogP contribution in [0.2, 0.25) is 0 Å². The quantitative estimate of drug-likeness (QED) is 0.796. The van der Waals surface area contributed by atoms with Crippen LogP contribution in [0.4, 0.5) is 0 Å². The highest BCUT2D eigenvalue weighted by Crippen LogP contribution is 2.34. The molecule has 0 saturated carbocycles. The SMILES string of the molecule is CN1CCCC[C@@H]1CCN1CC(C)(C)O[C@@]2(CCOC2)C1. The van der Waals surface area contributed by atoms with Crippen molar-refractivity contribution in [3.05, 3.63) is 0 Å². The molecule has 0 radical (unpaired) electrons. The number of nitrogens with zero attached hydrogens (tertiary/aromatic N) is 2. The summed E-state index contributed by atoms with van der Waals surface area (Å²) in [5.41, 5.74) is -0.0926. The third-order valence-corrected chi connectivity index (χ3v) is 5.38. The Morgan fingerprint density at radius 1 is 1.19 bits per heavy atom. The first-order valence-electron chi connectivity index (χ1n) is 8.69. The summed E-state index contributed by atoms with van der Waals surface area (Å²) in [6.07, 6.45) is 6.50. The van der Waals surface area contributed by atoms with Gasteiger partial charge in [-0.3, -0.25) is 4.90 Å². The van der Waals surface area contributed by atoms with Crippen molar-refractivity contribution in [1.82, 2.24) is 9.80 Å². The highest BCUT2D eigenvalue weighted by molar-refractivity contribution is 4.97. The van der Waals surface area contributed by atoms with E-state index in [1.54, 1.807) is 0 Å². The average Bonchev–Trinajstić information content (AvgIpc) is 2.83. The number of morpholine rings is 1. The van der Waals surface area contributed by atoms with E-state index in [-0.39, 0.29) is 11.2 Å². The topological polar surface area (TPSA) is 24.9 Å². The summed E-state index contributed by atoms with van der Waals surface area (Å²) in [7, 11) is 2.29. The van der Waals surface area contributed by atoms with Gasteiger partial charge in [0.2, 0.25) is 0 Å². The molecule has 3 rings (SSSR count). The van der Waals surface area contributed by atoms with E-state index in [1.807, 2.05) is 0 Å². The molecule has 3 fully saturated rings. The minimum Gasteiger partial charge on any atom is -0.378 e. The number of piperidine rings is 1. The molecule has 4 heteroatoms. The number of hydrogen-bond acceptors (Lipinski definition) is 4. The molecule has 3 heterocycles. The number of rotatable bonds is 3. The minimum atomic E-state index is -0.0512. The first kappa shape index (κ1) is 15.7. The highest BCUT2D eigenvalue weighted by Gasteiger charge is 2.46. The molecule has 0 unspecified atom stereocenters. The van der Waals surface area contributed by atoms with Crippen LogP contribution in [0.1, 0.15) is 46.0 Å². The van der Waals surface area contributed by atoms with Gasteiger partial charge < -0.3 is 14.4 Å². The van der Waals surface area contributed by atoms with E-state index < -0.39 is 0 Å². The molecule has 0 aliphatic carbocycles. The lowest BCUT2D eigenvalue weighted by molar-refractivity contribution is -0.195. The summed E-state index contributed by atoms with van der Waals surface area (Å²) >= 11 is 0. The van der Waals surface area contributed by atoms with Crippen molar-refractivity contribution in [3.63, 3.8) is 0 Å². The Morgan fingerprint density at radius 3 is 2.76 bits per heavy atom. The predicted molar refractivity (Wildman–Crippen MR) is 84.7 cm³/mol. The van der Waals surface area contributed by atoms with Crippen molar-refractivity contribution in [1.29, 1.82) is 0 Å². The van der Waals surface area contributed by atoms with Crippen LogP contribution in [-0.2, 0) is 9.47 Å². The minimum absolute atomic E-state index is 0.0415.